The van der Waals surface area contributed by atoms with Crippen molar-refractivity contribution in [2.24, 2.45) is 5.73 Å². The highest BCUT2D eigenvalue weighted by Gasteiger charge is 2.21. The van der Waals surface area contributed by atoms with Gasteiger partial charge in [0, 0.05) is 17.2 Å². The van der Waals surface area contributed by atoms with E-state index in [0.29, 0.717) is 0 Å². The van der Waals surface area contributed by atoms with E-state index in [9.17, 15) is 0 Å². The lowest BCUT2D eigenvalue weighted by molar-refractivity contribution is 0.241. The van der Waals surface area contributed by atoms with Crippen molar-refractivity contribution in [3.63, 3.8) is 0 Å². The summed E-state index contributed by atoms with van der Waals surface area (Å²) in [7, 11) is 0. The Hall–Kier alpha value is -2.24. The number of hydrogen-bond donors (Lipinski definition) is 1. The van der Waals surface area contributed by atoms with Crippen LogP contribution in [0.15, 0.2) is 36.4 Å². The van der Waals surface area contributed by atoms with Crippen molar-refractivity contribution < 1.29 is 4.74 Å². The molecule has 27 heavy (non-hydrogen) atoms. The lowest BCUT2D eigenvalue weighted by atomic mass is 9.85. The Morgan fingerprint density at radius 2 is 1.96 bits per heavy atom. The summed E-state index contributed by atoms with van der Waals surface area (Å²) < 4.78 is 5.84. The molecule has 0 amide bonds. The van der Waals surface area contributed by atoms with Gasteiger partial charge in [0.05, 0.1) is 6.10 Å². The van der Waals surface area contributed by atoms with Gasteiger partial charge in [0.1, 0.15) is 15.8 Å². The first-order valence-electron chi connectivity index (χ1n) is 9.52. The van der Waals surface area contributed by atoms with Gasteiger partial charge >= 0.3 is 0 Å². The van der Waals surface area contributed by atoms with Crippen molar-refractivity contribution in [3.8, 4) is 26.9 Å². The summed E-state index contributed by atoms with van der Waals surface area (Å²) in [5.41, 5.74) is 12.3. The quantitative estimate of drug-likeness (QED) is 0.668. The van der Waals surface area contributed by atoms with Crippen LogP contribution in [-0.2, 0) is 6.42 Å². The third-order valence-electron chi connectivity index (χ3n) is 4.99. The maximum atomic E-state index is 6.31. The number of aromatic nitrogens is 2. The van der Waals surface area contributed by atoms with Crippen LogP contribution < -0.4 is 10.5 Å². The van der Waals surface area contributed by atoms with Gasteiger partial charge in [-0.15, -0.1) is 10.2 Å². The summed E-state index contributed by atoms with van der Waals surface area (Å²) >= 11 is 1.64. The van der Waals surface area contributed by atoms with E-state index in [1.54, 1.807) is 11.3 Å². The molecule has 1 heterocycles. The van der Waals surface area contributed by atoms with E-state index in [-0.39, 0.29) is 12.1 Å². The molecule has 0 saturated heterocycles. The Balaban J connectivity index is 1.67. The largest absolute Gasteiger partial charge is 0.491 e. The average Bonchev–Trinajstić information content (AvgIpc) is 3.13. The summed E-state index contributed by atoms with van der Waals surface area (Å²) in [6.45, 7) is 6.14. The third-order valence-corrected chi connectivity index (χ3v) is 6.00. The Bertz CT molecular complexity index is 964. The van der Waals surface area contributed by atoms with Crippen molar-refractivity contribution in [3.05, 3.63) is 53.1 Å². The summed E-state index contributed by atoms with van der Waals surface area (Å²) in [4.78, 5) is 0. The summed E-state index contributed by atoms with van der Waals surface area (Å²) in [5.74, 6) is 0.921. The number of rotatable bonds is 4. The van der Waals surface area contributed by atoms with Gasteiger partial charge in [0.2, 0.25) is 0 Å². The average molecular weight is 380 g/mol. The van der Waals surface area contributed by atoms with E-state index in [1.807, 2.05) is 19.9 Å². The topological polar surface area (TPSA) is 61.0 Å². The lowest BCUT2D eigenvalue weighted by Crippen LogP contribution is -2.17. The maximum absolute atomic E-state index is 6.31. The van der Waals surface area contributed by atoms with Crippen molar-refractivity contribution in [1.82, 2.24) is 10.2 Å². The third kappa shape index (κ3) is 3.62. The number of hydrogen-bond acceptors (Lipinski definition) is 5. The normalized spacial score (nSPS) is 16.4. The molecule has 0 saturated carbocycles. The number of ether oxygens (including phenoxy) is 1. The molecule has 2 aromatic carbocycles. The second-order valence-electron chi connectivity index (χ2n) is 7.43. The van der Waals surface area contributed by atoms with Gasteiger partial charge in [-0.1, -0.05) is 29.5 Å². The first kappa shape index (κ1) is 18.1. The van der Waals surface area contributed by atoms with Crippen molar-refractivity contribution in [2.45, 2.75) is 52.2 Å². The smallest absolute Gasteiger partial charge is 0.148 e. The molecule has 0 fully saturated rings. The van der Waals surface area contributed by atoms with Crippen LogP contribution in [-0.4, -0.2) is 16.3 Å². The molecule has 1 aliphatic carbocycles. The molecule has 1 aliphatic rings. The Morgan fingerprint density at radius 3 is 2.74 bits per heavy atom. The van der Waals surface area contributed by atoms with Crippen LogP contribution in [0.4, 0.5) is 0 Å². The van der Waals surface area contributed by atoms with Crippen LogP contribution in [0.25, 0.3) is 21.1 Å². The zero-order valence-electron chi connectivity index (χ0n) is 16.0. The second-order valence-corrected chi connectivity index (χ2v) is 8.41. The van der Waals surface area contributed by atoms with Crippen molar-refractivity contribution in [1.29, 1.82) is 0 Å². The molecule has 1 unspecified atom stereocenters. The Kier molecular flexibility index (Phi) is 4.98. The molecular formula is C22H25N3OS. The summed E-state index contributed by atoms with van der Waals surface area (Å²) in [5, 5.41) is 10.9. The second kappa shape index (κ2) is 7.41. The van der Waals surface area contributed by atoms with E-state index in [2.05, 4.69) is 47.5 Å². The van der Waals surface area contributed by atoms with Crippen LogP contribution in [0.5, 0.6) is 5.75 Å². The van der Waals surface area contributed by atoms with Crippen LogP contribution in [0.1, 0.15) is 49.4 Å². The van der Waals surface area contributed by atoms with Gasteiger partial charge in [-0.25, -0.2) is 0 Å². The summed E-state index contributed by atoms with van der Waals surface area (Å²) in [6, 6.07) is 12.7. The van der Waals surface area contributed by atoms with Gasteiger partial charge in [-0.2, -0.15) is 0 Å². The summed E-state index contributed by atoms with van der Waals surface area (Å²) in [6.07, 6.45) is 3.42. The van der Waals surface area contributed by atoms with E-state index in [0.717, 1.165) is 46.2 Å². The fraction of sp³-hybridized carbons (Fsp3) is 0.364. The number of fused-ring (bicyclic) bond motifs is 1. The number of nitrogens with zero attached hydrogens (tertiary/aromatic N) is 2. The molecule has 5 heteroatoms. The molecule has 140 valence electrons. The molecule has 2 N–H and O–H groups in total. The fourth-order valence-corrected chi connectivity index (χ4v) is 4.60. The molecule has 0 aliphatic heterocycles. The predicted molar refractivity (Wildman–Crippen MR) is 111 cm³/mol. The number of benzene rings is 2. The van der Waals surface area contributed by atoms with Crippen LogP contribution in [0, 0.1) is 6.92 Å². The molecule has 0 spiro atoms. The number of aryl methyl sites for hydroxylation is 1. The first-order chi connectivity index (χ1) is 13.0. The predicted octanol–water partition coefficient (Wildman–Crippen LogP) is 5.30. The molecule has 3 aromatic rings. The van der Waals surface area contributed by atoms with Gasteiger partial charge in [-0.05, 0) is 74.9 Å². The van der Waals surface area contributed by atoms with Gasteiger partial charge in [-0.3, -0.25) is 0 Å². The highest BCUT2D eigenvalue weighted by Crippen LogP contribution is 2.38. The van der Waals surface area contributed by atoms with Crippen LogP contribution in [0.2, 0.25) is 0 Å². The molecule has 4 nitrogen and oxygen atoms in total. The zero-order chi connectivity index (χ0) is 19.0. The zero-order valence-corrected chi connectivity index (χ0v) is 16.8. The maximum Gasteiger partial charge on any atom is 0.148 e. The van der Waals surface area contributed by atoms with E-state index >= 15 is 0 Å². The minimum absolute atomic E-state index is 0.136. The minimum atomic E-state index is 0.136. The standard InChI is InChI=1S/C22H25N3OS/c1-13(2)26-20-11-10-15(12-14(20)3)21-24-25-22(27-21)18-8-4-7-17-16(18)6-5-9-19(17)23/h4,7-8,10-13,19H,5-6,9,23H2,1-3H3. The lowest BCUT2D eigenvalue weighted by Gasteiger charge is -2.23. The van der Waals surface area contributed by atoms with E-state index < -0.39 is 0 Å². The first-order valence-corrected chi connectivity index (χ1v) is 10.3. The fourth-order valence-electron chi connectivity index (χ4n) is 3.70. The van der Waals surface area contributed by atoms with Gasteiger partial charge in [0.25, 0.3) is 0 Å². The van der Waals surface area contributed by atoms with E-state index in [1.165, 1.54) is 16.7 Å². The van der Waals surface area contributed by atoms with Crippen molar-refractivity contribution >= 4 is 11.3 Å². The molecule has 1 aromatic heterocycles. The molecule has 0 bridgehead atoms. The molecule has 1 atom stereocenters. The molecule has 4 rings (SSSR count). The highest BCUT2D eigenvalue weighted by atomic mass is 32.1. The van der Waals surface area contributed by atoms with Gasteiger partial charge < -0.3 is 10.5 Å². The molecule has 0 radical (unpaired) electrons. The minimum Gasteiger partial charge on any atom is -0.491 e. The Labute approximate surface area is 164 Å². The SMILES string of the molecule is Cc1cc(-c2nnc(-c3cccc4c3CCCC4N)s2)ccc1OC(C)C. The monoisotopic (exact) mass is 379 g/mol. The van der Waals surface area contributed by atoms with E-state index in [4.69, 9.17) is 10.5 Å². The molecular weight excluding hydrogens is 354 g/mol. The highest BCUT2D eigenvalue weighted by molar-refractivity contribution is 7.17. The van der Waals surface area contributed by atoms with Crippen LogP contribution >= 0.6 is 11.3 Å². The van der Waals surface area contributed by atoms with Crippen molar-refractivity contribution in [2.75, 3.05) is 0 Å². The Morgan fingerprint density at radius 1 is 1.15 bits per heavy atom. The van der Waals surface area contributed by atoms with Crippen LogP contribution in [0.3, 0.4) is 0 Å². The van der Waals surface area contributed by atoms with Gasteiger partial charge in [0.15, 0.2) is 0 Å². The number of nitrogens with two attached hydrogens (primary N) is 1.